The van der Waals surface area contributed by atoms with Gasteiger partial charge in [-0.2, -0.15) is 0 Å². The third-order valence-corrected chi connectivity index (χ3v) is 3.58. The van der Waals surface area contributed by atoms with Gasteiger partial charge in [-0.1, -0.05) is 6.92 Å². The summed E-state index contributed by atoms with van der Waals surface area (Å²) in [5.41, 5.74) is 0.379. The van der Waals surface area contributed by atoms with Gasteiger partial charge < -0.3 is 15.4 Å². The average molecular weight is 212 g/mol. The van der Waals surface area contributed by atoms with E-state index in [1.54, 1.807) is 0 Å². The molecule has 4 nitrogen and oxygen atoms in total. The molecular formula is C11H20N2O2. The van der Waals surface area contributed by atoms with Crippen LogP contribution in [0.2, 0.25) is 0 Å². The van der Waals surface area contributed by atoms with Gasteiger partial charge in [0, 0.05) is 12.6 Å². The van der Waals surface area contributed by atoms with Gasteiger partial charge in [0.15, 0.2) is 0 Å². The Kier molecular flexibility index (Phi) is 2.98. The van der Waals surface area contributed by atoms with Crippen molar-refractivity contribution in [3.63, 3.8) is 0 Å². The Bertz CT molecular complexity index is 251. The Morgan fingerprint density at radius 1 is 1.47 bits per heavy atom. The van der Waals surface area contributed by atoms with Crippen LogP contribution in [-0.4, -0.2) is 38.8 Å². The fraction of sp³-hybridized carbons (Fsp3) is 0.909. The van der Waals surface area contributed by atoms with Crippen molar-refractivity contribution in [3.05, 3.63) is 0 Å². The molecule has 1 aliphatic heterocycles. The summed E-state index contributed by atoms with van der Waals surface area (Å²) in [6, 6.07) is 0.178. The van der Waals surface area contributed by atoms with E-state index in [1.165, 1.54) is 12.8 Å². The van der Waals surface area contributed by atoms with Crippen LogP contribution in [0.25, 0.3) is 0 Å². The molecule has 1 saturated carbocycles. The zero-order valence-electron chi connectivity index (χ0n) is 9.51. The van der Waals surface area contributed by atoms with E-state index in [4.69, 9.17) is 4.74 Å². The lowest BCUT2D eigenvalue weighted by molar-refractivity contribution is -0.125. The quantitative estimate of drug-likeness (QED) is 0.697. The number of carbonyl (C=O) groups is 1. The fourth-order valence-electron chi connectivity index (χ4n) is 1.92. The molecule has 2 atom stereocenters. The Morgan fingerprint density at radius 2 is 2.20 bits per heavy atom. The highest BCUT2D eigenvalue weighted by Gasteiger charge is 2.39. The van der Waals surface area contributed by atoms with E-state index < -0.39 is 0 Å². The van der Waals surface area contributed by atoms with Crippen LogP contribution in [0.5, 0.6) is 0 Å². The van der Waals surface area contributed by atoms with Gasteiger partial charge in [-0.3, -0.25) is 4.79 Å². The van der Waals surface area contributed by atoms with Gasteiger partial charge in [0.2, 0.25) is 5.91 Å². The fourth-order valence-corrected chi connectivity index (χ4v) is 1.92. The predicted molar refractivity (Wildman–Crippen MR) is 57.5 cm³/mol. The topological polar surface area (TPSA) is 50.4 Å². The van der Waals surface area contributed by atoms with Gasteiger partial charge in [0.1, 0.15) is 0 Å². The molecule has 2 fully saturated rings. The zero-order valence-corrected chi connectivity index (χ0v) is 9.51. The Balaban J connectivity index is 1.79. The molecule has 0 aromatic carbocycles. The minimum absolute atomic E-state index is 0.0163. The highest BCUT2D eigenvalue weighted by molar-refractivity contribution is 5.79. The van der Waals surface area contributed by atoms with Crippen LogP contribution in [-0.2, 0) is 9.53 Å². The highest BCUT2D eigenvalue weighted by atomic mass is 16.5. The molecule has 4 heteroatoms. The van der Waals surface area contributed by atoms with Gasteiger partial charge in [0.25, 0.3) is 0 Å². The Morgan fingerprint density at radius 3 is 2.80 bits per heavy atom. The predicted octanol–water partition coefficient (Wildman–Crippen LogP) is 0.137. The summed E-state index contributed by atoms with van der Waals surface area (Å²) >= 11 is 0. The van der Waals surface area contributed by atoms with Crippen LogP contribution in [0.4, 0.5) is 0 Å². The van der Waals surface area contributed by atoms with Gasteiger partial charge in [-0.15, -0.1) is 0 Å². The minimum Gasteiger partial charge on any atom is -0.379 e. The first-order valence-corrected chi connectivity index (χ1v) is 5.67. The number of rotatable bonds is 4. The summed E-state index contributed by atoms with van der Waals surface area (Å²) in [6.45, 7) is 4.23. The summed E-state index contributed by atoms with van der Waals surface area (Å²) in [5.74, 6) is 0.123. The smallest absolute Gasteiger partial charge is 0.227 e. The normalized spacial score (nSPS) is 32.7. The van der Waals surface area contributed by atoms with Crippen molar-refractivity contribution in [2.75, 3.05) is 26.8 Å². The minimum atomic E-state index is -0.0163. The third kappa shape index (κ3) is 2.49. The van der Waals surface area contributed by atoms with Crippen molar-refractivity contribution in [1.82, 2.24) is 10.6 Å². The van der Waals surface area contributed by atoms with Crippen LogP contribution >= 0.6 is 0 Å². The largest absolute Gasteiger partial charge is 0.379 e. The molecule has 1 aliphatic carbocycles. The molecule has 1 heterocycles. The van der Waals surface area contributed by atoms with Gasteiger partial charge in [-0.25, -0.2) is 0 Å². The first-order valence-electron chi connectivity index (χ1n) is 5.67. The van der Waals surface area contributed by atoms with Crippen LogP contribution in [0.1, 0.15) is 19.8 Å². The van der Waals surface area contributed by atoms with Crippen LogP contribution in [0.15, 0.2) is 0 Å². The Hall–Kier alpha value is -0.610. The second kappa shape index (κ2) is 4.10. The lowest BCUT2D eigenvalue weighted by Crippen LogP contribution is -2.43. The maximum atomic E-state index is 11.9. The summed E-state index contributed by atoms with van der Waals surface area (Å²) < 4.78 is 5.31. The Labute approximate surface area is 90.8 Å². The molecule has 0 aromatic rings. The third-order valence-electron chi connectivity index (χ3n) is 3.58. The van der Waals surface area contributed by atoms with Crippen LogP contribution in [0.3, 0.4) is 0 Å². The van der Waals surface area contributed by atoms with Crippen LogP contribution in [0, 0.1) is 11.3 Å². The summed E-state index contributed by atoms with van der Waals surface area (Å²) in [4.78, 5) is 11.9. The van der Waals surface area contributed by atoms with E-state index in [1.807, 2.05) is 7.05 Å². The number of hydrogen-bond donors (Lipinski definition) is 2. The van der Waals surface area contributed by atoms with Crippen molar-refractivity contribution in [3.8, 4) is 0 Å². The number of amides is 1. The van der Waals surface area contributed by atoms with E-state index in [0.717, 1.165) is 6.54 Å². The van der Waals surface area contributed by atoms with Gasteiger partial charge in [-0.05, 0) is 25.3 Å². The summed E-state index contributed by atoms with van der Waals surface area (Å²) in [7, 11) is 1.88. The second-order valence-electron chi connectivity index (χ2n) is 5.07. The molecule has 2 rings (SSSR count). The van der Waals surface area contributed by atoms with Crippen molar-refractivity contribution in [1.29, 1.82) is 0 Å². The molecule has 0 aromatic heterocycles. The zero-order chi connectivity index (χ0) is 10.9. The van der Waals surface area contributed by atoms with E-state index in [-0.39, 0.29) is 17.9 Å². The summed E-state index contributed by atoms with van der Waals surface area (Å²) in [5, 5.41) is 6.15. The monoisotopic (exact) mass is 212 g/mol. The lowest BCUT2D eigenvalue weighted by Gasteiger charge is -2.18. The van der Waals surface area contributed by atoms with Gasteiger partial charge in [0.05, 0.1) is 19.1 Å². The van der Waals surface area contributed by atoms with E-state index in [9.17, 15) is 4.79 Å². The molecule has 0 radical (unpaired) electrons. The van der Waals surface area contributed by atoms with Crippen molar-refractivity contribution < 1.29 is 9.53 Å². The molecular weight excluding hydrogens is 192 g/mol. The standard InChI is InChI=1S/C11H20N2O2/c1-11(3-4-11)7-13-10(14)8-5-15-6-9(8)12-2/h8-9,12H,3-7H2,1-2H3,(H,13,14). The number of ether oxygens (including phenoxy) is 1. The molecule has 1 amide bonds. The van der Waals surface area contributed by atoms with Crippen molar-refractivity contribution in [2.45, 2.75) is 25.8 Å². The van der Waals surface area contributed by atoms with Crippen LogP contribution < -0.4 is 10.6 Å². The number of nitrogens with one attached hydrogen (secondary N) is 2. The van der Waals surface area contributed by atoms with Crippen molar-refractivity contribution in [2.24, 2.45) is 11.3 Å². The number of likely N-dealkylation sites (N-methyl/N-ethyl adjacent to an activating group) is 1. The first kappa shape index (κ1) is 10.9. The second-order valence-corrected chi connectivity index (χ2v) is 5.07. The number of hydrogen-bond acceptors (Lipinski definition) is 3. The molecule has 1 saturated heterocycles. The summed E-state index contributed by atoms with van der Waals surface area (Å²) in [6.07, 6.45) is 2.48. The van der Waals surface area contributed by atoms with E-state index in [2.05, 4.69) is 17.6 Å². The molecule has 2 N–H and O–H groups in total. The molecule has 2 aliphatic rings. The molecule has 2 unspecified atom stereocenters. The highest BCUT2D eigenvalue weighted by Crippen LogP contribution is 2.44. The molecule has 86 valence electrons. The van der Waals surface area contributed by atoms with Crippen molar-refractivity contribution >= 4 is 5.91 Å². The maximum Gasteiger partial charge on any atom is 0.227 e. The SMILES string of the molecule is CNC1COCC1C(=O)NCC1(C)CC1. The lowest BCUT2D eigenvalue weighted by atomic mass is 10.0. The molecule has 0 bridgehead atoms. The first-order chi connectivity index (χ1) is 7.14. The molecule has 0 spiro atoms. The molecule has 15 heavy (non-hydrogen) atoms. The van der Waals surface area contributed by atoms with E-state index >= 15 is 0 Å². The maximum absolute atomic E-state index is 11.9. The van der Waals surface area contributed by atoms with Gasteiger partial charge >= 0.3 is 0 Å². The average Bonchev–Trinajstić information content (AvgIpc) is 2.81. The van der Waals surface area contributed by atoms with E-state index in [0.29, 0.717) is 18.6 Å². The number of carbonyl (C=O) groups excluding carboxylic acids is 1.